The molecular formula is C17H20BrFN2. The van der Waals surface area contributed by atoms with Gasteiger partial charge < -0.3 is 10.2 Å². The monoisotopic (exact) mass is 350 g/mol. The minimum absolute atomic E-state index is 0.226. The van der Waals surface area contributed by atoms with Crippen molar-refractivity contribution < 1.29 is 4.39 Å². The summed E-state index contributed by atoms with van der Waals surface area (Å²) in [6.45, 7) is 5.16. The second-order valence-electron chi connectivity index (χ2n) is 5.02. The third kappa shape index (κ3) is 3.83. The number of rotatable bonds is 5. The van der Waals surface area contributed by atoms with Crippen molar-refractivity contribution in [1.29, 1.82) is 0 Å². The number of anilines is 2. The van der Waals surface area contributed by atoms with Gasteiger partial charge in [-0.3, -0.25) is 0 Å². The Morgan fingerprint density at radius 1 is 1.19 bits per heavy atom. The Morgan fingerprint density at radius 3 is 2.52 bits per heavy atom. The van der Waals surface area contributed by atoms with Crippen LogP contribution in [0.3, 0.4) is 0 Å². The van der Waals surface area contributed by atoms with E-state index in [1.165, 1.54) is 17.7 Å². The smallest absolute Gasteiger partial charge is 0.125 e. The molecule has 0 bridgehead atoms. The third-order valence-electron chi connectivity index (χ3n) is 3.54. The zero-order chi connectivity index (χ0) is 15.4. The van der Waals surface area contributed by atoms with Gasteiger partial charge in [-0.15, -0.1) is 0 Å². The molecule has 0 spiro atoms. The summed E-state index contributed by atoms with van der Waals surface area (Å²) in [4.78, 5) is 1.97. The molecule has 1 N–H and O–H groups in total. The van der Waals surface area contributed by atoms with Crippen LogP contribution < -0.4 is 10.2 Å². The molecule has 2 rings (SSSR count). The van der Waals surface area contributed by atoms with E-state index in [9.17, 15) is 4.39 Å². The van der Waals surface area contributed by atoms with Gasteiger partial charge in [0.1, 0.15) is 5.82 Å². The van der Waals surface area contributed by atoms with Gasteiger partial charge in [0.25, 0.3) is 0 Å². The van der Waals surface area contributed by atoms with E-state index < -0.39 is 0 Å². The molecule has 1 unspecified atom stereocenters. The summed E-state index contributed by atoms with van der Waals surface area (Å²) in [5.41, 5.74) is 3.06. The van der Waals surface area contributed by atoms with E-state index in [0.717, 1.165) is 22.4 Å². The van der Waals surface area contributed by atoms with Crippen LogP contribution in [-0.2, 0) is 0 Å². The van der Waals surface area contributed by atoms with Crippen LogP contribution in [0.1, 0.15) is 25.5 Å². The molecule has 2 aromatic carbocycles. The Bertz CT molecular complexity index is 615. The molecule has 1 atom stereocenters. The highest BCUT2D eigenvalue weighted by molar-refractivity contribution is 9.10. The van der Waals surface area contributed by atoms with Gasteiger partial charge in [-0.25, -0.2) is 4.39 Å². The lowest BCUT2D eigenvalue weighted by Crippen LogP contribution is -2.18. The number of halogens is 2. The molecule has 0 aliphatic heterocycles. The fraction of sp³-hybridized carbons (Fsp3) is 0.294. The standard InChI is InChI=1S/C17H20BrFN2/c1-4-20-12(2)16-9-8-15(11-17(16)18)21(3)14-7-5-6-13(19)10-14/h5-12,20H,4H2,1-3H3. The third-order valence-corrected chi connectivity index (χ3v) is 4.23. The highest BCUT2D eigenvalue weighted by Gasteiger charge is 2.11. The van der Waals surface area contributed by atoms with E-state index in [2.05, 4.69) is 53.3 Å². The van der Waals surface area contributed by atoms with Crippen LogP contribution in [0.15, 0.2) is 46.9 Å². The molecule has 0 aliphatic carbocycles. The van der Waals surface area contributed by atoms with Crippen LogP contribution in [0.5, 0.6) is 0 Å². The van der Waals surface area contributed by atoms with Crippen molar-refractivity contribution in [1.82, 2.24) is 5.32 Å². The maximum absolute atomic E-state index is 13.3. The van der Waals surface area contributed by atoms with Crippen LogP contribution in [0, 0.1) is 5.82 Å². The Labute approximate surface area is 134 Å². The number of nitrogens with zero attached hydrogens (tertiary/aromatic N) is 1. The second kappa shape index (κ2) is 7.05. The molecule has 0 aliphatic rings. The zero-order valence-corrected chi connectivity index (χ0v) is 14.1. The van der Waals surface area contributed by atoms with Gasteiger partial charge >= 0.3 is 0 Å². The average molecular weight is 351 g/mol. The van der Waals surface area contributed by atoms with Crippen molar-refractivity contribution >= 4 is 27.3 Å². The normalized spacial score (nSPS) is 12.2. The maximum atomic E-state index is 13.3. The highest BCUT2D eigenvalue weighted by Crippen LogP contribution is 2.31. The molecule has 0 amide bonds. The van der Waals surface area contributed by atoms with E-state index in [1.807, 2.05) is 18.0 Å². The minimum Gasteiger partial charge on any atom is -0.345 e. The second-order valence-corrected chi connectivity index (χ2v) is 5.88. The first kappa shape index (κ1) is 16.0. The van der Waals surface area contributed by atoms with Gasteiger partial charge in [0, 0.05) is 28.9 Å². The molecule has 2 aromatic rings. The summed E-state index contributed by atoms with van der Waals surface area (Å²) >= 11 is 3.63. The summed E-state index contributed by atoms with van der Waals surface area (Å²) in [6.07, 6.45) is 0. The van der Waals surface area contributed by atoms with Gasteiger partial charge in [0.05, 0.1) is 0 Å². The van der Waals surface area contributed by atoms with Gasteiger partial charge in [-0.1, -0.05) is 35.0 Å². The topological polar surface area (TPSA) is 15.3 Å². The lowest BCUT2D eigenvalue weighted by atomic mass is 10.1. The SMILES string of the molecule is CCNC(C)c1ccc(N(C)c2cccc(F)c2)cc1Br. The van der Waals surface area contributed by atoms with Crippen molar-refractivity contribution in [3.8, 4) is 0 Å². The Hall–Kier alpha value is -1.39. The number of nitrogens with one attached hydrogen (secondary N) is 1. The molecule has 0 saturated carbocycles. The van der Waals surface area contributed by atoms with Crippen molar-refractivity contribution in [2.75, 3.05) is 18.5 Å². The number of hydrogen-bond acceptors (Lipinski definition) is 2. The van der Waals surface area contributed by atoms with Gasteiger partial charge in [0.2, 0.25) is 0 Å². The summed E-state index contributed by atoms with van der Waals surface area (Å²) < 4.78 is 14.4. The summed E-state index contributed by atoms with van der Waals surface area (Å²) in [6, 6.07) is 13.1. The zero-order valence-electron chi connectivity index (χ0n) is 12.5. The van der Waals surface area contributed by atoms with Crippen LogP contribution in [0.2, 0.25) is 0 Å². The number of hydrogen-bond donors (Lipinski definition) is 1. The van der Waals surface area contributed by atoms with Crippen LogP contribution in [0.25, 0.3) is 0 Å². The molecule has 112 valence electrons. The van der Waals surface area contributed by atoms with Crippen LogP contribution >= 0.6 is 15.9 Å². The van der Waals surface area contributed by atoms with E-state index in [1.54, 1.807) is 6.07 Å². The minimum atomic E-state index is -0.226. The lowest BCUT2D eigenvalue weighted by Gasteiger charge is -2.22. The van der Waals surface area contributed by atoms with Crippen molar-refractivity contribution in [2.24, 2.45) is 0 Å². The molecule has 4 heteroatoms. The van der Waals surface area contributed by atoms with E-state index in [-0.39, 0.29) is 11.9 Å². The fourth-order valence-corrected chi connectivity index (χ4v) is 3.04. The molecule has 0 saturated heterocycles. The molecule has 21 heavy (non-hydrogen) atoms. The molecule has 0 heterocycles. The van der Waals surface area contributed by atoms with Gasteiger partial charge in [-0.2, -0.15) is 0 Å². The Balaban J connectivity index is 2.27. The van der Waals surface area contributed by atoms with Gasteiger partial charge in [0.15, 0.2) is 0 Å². The largest absolute Gasteiger partial charge is 0.345 e. The first-order chi connectivity index (χ1) is 10.0. The highest BCUT2D eigenvalue weighted by atomic mass is 79.9. The van der Waals surface area contributed by atoms with Crippen molar-refractivity contribution in [3.63, 3.8) is 0 Å². The van der Waals surface area contributed by atoms with Crippen molar-refractivity contribution in [2.45, 2.75) is 19.9 Å². The summed E-state index contributed by atoms with van der Waals surface area (Å²) in [7, 11) is 1.93. The van der Waals surface area contributed by atoms with Crippen molar-refractivity contribution in [3.05, 3.63) is 58.3 Å². The predicted molar refractivity (Wildman–Crippen MR) is 90.7 cm³/mol. The number of benzene rings is 2. The summed E-state index contributed by atoms with van der Waals surface area (Å²) in [5.74, 6) is -0.226. The first-order valence-electron chi connectivity index (χ1n) is 7.05. The molecular weight excluding hydrogens is 331 g/mol. The van der Waals surface area contributed by atoms with E-state index in [0.29, 0.717) is 0 Å². The maximum Gasteiger partial charge on any atom is 0.125 e. The van der Waals surface area contributed by atoms with Crippen LogP contribution in [0.4, 0.5) is 15.8 Å². The lowest BCUT2D eigenvalue weighted by molar-refractivity contribution is 0.596. The molecule has 0 fully saturated rings. The quantitative estimate of drug-likeness (QED) is 0.813. The molecule has 0 radical (unpaired) electrons. The Kier molecular flexibility index (Phi) is 5.37. The molecule has 0 aromatic heterocycles. The van der Waals surface area contributed by atoms with E-state index >= 15 is 0 Å². The first-order valence-corrected chi connectivity index (χ1v) is 7.84. The van der Waals surface area contributed by atoms with E-state index in [4.69, 9.17) is 0 Å². The van der Waals surface area contributed by atoms with Gasteiger partial charge in [-0.05, 0) is 49.4 Å². The Morgan fingerprint density at radius 2 is 1.90 bits per heavy atom. The average Bonchev–Trinajstić information content (AvgIpc) is 2.46. The van der Waals surface area contributed by atoms with Crippen LogP contribution in [-0.4, -0.2) is 13.6 Å². The molecule has 2 nitrogen and oxygen atoms in total. The predicted octanol–water partition coefficient (Wildman–Crippen LogP) is 5.03. The summed E-state index contributed by atoms with van der Waals surface area (Å²) in [5, 5.41) is 3.40. The fourth-order valence-electron chi connectivity index (χ4n) is 2.33.